The zero-order valence-corrected chi connectivity index (χ0v) is 16.1. The molecule has 1 atom stereocenters. The molecule has 9 heteroatoms. The Morgan fingerprint density at radius 2 is 2.10 bits per heavy atom. The van der Waals surface area contributed by atoms with Crippen molar-refractivity contribution in [2.75, 3.05) is 7.11 Å². The van der Waals surface area contributed by atoms with Crippen LogP contribution in [0.25, 0.3) is 10.9 Å². The monoisotopic (exact) mass is 409 g/mol. The van der Waals surface area contributed by atoms with Gasteiger partial charge in [-0.2, -0.15) is 0 Å². The van der Waals surface area contributed by atoms with Gasteiger partial charge in [0.15, 0.2) is 0 Å². The second-order valence-corrected chi connectivity index (χ2v) is 7.17. The summed E-state index contributed by atoms with van der Waals surface area (Å²) in [5, 5.41) is 11.4. The number of amides is 1. The van der Waals surface area contributed by atoms with Crippen molar-refractivity contribution in [2.45, 2.75) is 25.3 Å². The van der Waals surface area contributed by atoms with Gasteiger partial charge in [0.25, 0.3) is 11.1 Å². The number of aryl methyl sites for hydroxylation is 2. The van der Waals surface area contributed by atoms with E-state index in [4.69, 9.17) is 5.73 Å². The maximum absolute atomic E-state index is 13.3. The second-order valence-electron chi connectivity index (χ2n) is 7.17. The highest BCUT2D eigenvalue weighted by molar-refractivity contribution is 5.92. The number of H-pyrrole nitrogens is 1. The molecule has 0 saturated heterocycles. The van der Waals surface area contributed by atoms with E-state index in [1.165, 1.54) is 0 Å². The number of pyridine rings is 2. The summed E-state index contributed by atoms with van der Waals surface area (Å²) in [6, 6.07) is 7.26. The molecule has 1 aliphatic rings. The van der Waals surface area contributed by atoms with Crippen LogP contribution >= 0.6 is 0 Å². The highest BCUT2D eigenvalue weighted by Gasteiger charge is 2.30. The molecule has 30 heavy (non-hydrogen) atoms. The molecule has 154 valence electrons. The number of rotatable bonds is 5. The summed E-state index contributed by atoms with van der Waals surface area (Å²) in [5.41, 5.74) is 5.72. The van der Waals surface area contributed by atoms with Crippen LogP contribution in [-0.4, -0.2) is 33.6 Å². The lowest BCUT2D eigenvalue weighted by Crippen LogP contribution is -2.30. The van der Waals surface area contributed by atoms with Gasteiger partial charge in [0, 0.05) is 30.6 Å². The lowest BCUT2D eigenvalue weighted by atomic mass is 9.87. The SMILES string of the molecule is COC(=O)c1c[nH]c(=O)c([C@H](CC(N)=O)c2cc3cccc4c3n(c2=O)CC4)c1O. The fourth-order valence-electron chi connectivity index (χ4n) is 4.13. The van der Waals surface area contributed by atoms with E-state index >= 15 is 0 Å². The Morgan fingerprint density at radius 3 is 2.80 bits per heavy atom. The van der Waals surface area contributed by atoms with E-state index in [0.29, 0.717) is 13.0 Å². The number of ether oxygens (including phenoxy) is 1. The molecule has 0 radical (unpaired) electrons. The van der Waals surface area contributed by atoms with Gasteiger partial charge < -0.3 is 25.1 Å². The van der Waals surface area contributed by atoms with Crippen molar-refractivity contribution in [3.63, 3.8) is 0 Å². The Kier molecular flexibility index (Phi) is 4.65. The molecule has 0 bridgehead atoms. The van der Waals surface area contributed by atoms with Crippen LogP contribution in [0.4, 0.5) is 0 Å². The third kappa shape index (κ3) is 2.95. The average Bonchev–Trinajstić information content (AvgIpc) is 3.15. The van der Waals surface area contributed by atoms with Crippen molar-refractivity contribution >= 4 is 22.8 Å². The number of nitrogens with two attached hydrogens (primary N) is 1. The van der Waals surface area contributed by atoms with Gasteiger partial charge in [-0.1, -0.05) is 18.2 Å². The number of hydrogen-bond acceptors (Lipinski definition) is 6. The first-order valence-corrected chi connectivity index (χ1v) is 9.30. The van der Waals surface area contributed by atoms with E-state index in [2.05, 4.69) is 9.72 Å². The third-order valence-electron chi connectivity index (χ3n) is 5.47. The number of aromatic amines is 1. The molecule has 0 unspecified atom stereocenters. The molecule has 4 N–H and O–H groups in total. The zero-order valence-electron chi connectivity index (χ0n) is 16.1. The fourth-order valence-corrected chi connectivity index (χ4v) is 4.13. The topological polar surface area (TPSA) is 144 Å². The number of aromatic nitrogens is 2. The van der Waals surface area contributed by atoms with Crippen LogP contribution in [0.5, 0.6) is 5.75 Å². The highest BCUT2D eigenvalue weighted by atomic mass is 16.5. The summed E-state index contributed by atoms with van der Waals surface area (Å²) in [5.74, 6) is -3.43. The average molecular weight is 409 g/mol. The summed E-state index contributed by atoms with van der Waals surface area (Å²) >= 11 is 0. The molecule has 0 fully saturated rings. The zero-order chi connectivity index (χ0) is 21.6. The molecular weight excluding hydrogens is 390 g/mol. The van der Waals surface area contributed by atoms with Crippen molar-refractivity contribution in [3.05, 3.63) is 73.4 Å². The maximum atomic E-state index is 13.3. The van der Waals surface area contributed by atoms with Crippen molar-refractivity contribution in [2.24, 2.45) is 5.73 Å². The summed E-state index contributed by atoms with van der Waals surface area (Å²) < 4.78 is 6.23. The molecule has 2 aromatic heterocycles. The number of nitrogens with zero attached hydrogens (tertiary/aromatic N) is 1. The number of para-hydroxylation sites is 1. The predicted octanol–water partition coefficient (Wildman–Crippen LogP) is 0.745. The molecule has 3 aromatic rings. The number of primary amides is 1. The van der Waals surface area contributed by atoms with E-state index in [1.807, 2.05) is 18.2 Å². The Morgan fingerprint density at radius 1 is 1.33 bits per heavy atom. The lowest BCUT2D eigenvalue weighted by molar-refractivity contribution is -0.118. The standard InChI is InChI=1S/C21H19N3O6/c1-30-21(29)14-9-23-19(27)16(18(14)26)12(8-15(22)25)13-7-11-4-2-3-10-5-6-24(17(10)11)20(13)28/h2-4,7,9,12H,5-6,8H2,1H3,(H2,22,25)(H2,23,26,27)/t12-/m1/s1. The molecule has 3 heterocycles. The van der Waals surface area contributed by atoms with Gasteiger partial charge in [0.05, 0.1) is 18.2 Å². The molecule has 0 saturated carbocycles. The number of hydrogen-bond donors (Lipinski definition) is 3. The van der Waals surface area contributed by atoms with Crippen LogP contribution in [-0.2, 0) is 22.5 Å². The minimum atomic E-state index is -1.14. The number of aromatic hydroxyl groups is 1. The van der Waals surface area contributed by atoms with E-state index in [-0.39, 0.29) is 22.2 Å². The molecule has 0 aliphatic carbocycles. The van der Waals surface area contributed by atoms with Crippen LogP contribution in [0.1, 0.15) is 39.4 Å². The fraction of sp³-hybridized carbons (Fsp3) is 0.238. The summed E-state index contributed by atoms with van der Waals surface area (Å²) in [6.45, 7) is 0.469. The Bertz CT molecular complexity index is 1320. The van der Waals surface area contributed by atoms with Crippen molar-refractivity contribution in [1.29, 1.82) is 0 Å². The van der Waals surface area contributed by atoms with Crippen molar-refractivity contribution in [3.8, 4) is 5.75 Å². The first kappa shape index (κ1) is 19.4. The third-order valence-corrected chi connectivity index (χ3v) is 5.47. The molecule has 1 aliphatic heterocycles. The molecular formula is C21H19N3O6. The van der Waals surface area contributed by atoms with E-state index in [1.54, 1.807) is 10.6 Å². The van der Waals surface area contributed by atoms with Crippen LogP contribution < -0.4 is 16.9 Å². The minimum absolute atomic E-state index is 0.142. The number of carbonyl (C=O) groups is 2. The van der Waals surface area contributed by atoms with Crippen LogP contribution in [0.2, 0.25) is 0 Å². The predicted molar refractivity (Wildman–Crippen MR) is 108 cm³/mol. The normalized spacial score (nSPS) is 13.4. The van der Waals surface area contributed by atoms with Gasteiger partial charge in [0.2, 0.25) is 5.91 Å². The summed E-state index contributed by atoms with van der Waals surface area (Å²) in [4.78, 5) is 52.0. The van der Waals surface area contributed by atoms with Crippen LogP contribution in [0.3, 0.4) is 0 Å². The van der Waals surface area contributed by atoms with Crippen molar-refractivity contribution < 1.29 is 19.4 Å². The summed E-state index contributed by atoms with van der Waals surface area (Å²) in [7, 11) is 1.13. The quantitative estimate of drug-likeness (QED) is 0.530. The van der Waals surface area contributed by atoms with Gasteiger partial charge in [-0.25, -0.2) is 4.79 Å². The van der Waals surface area contributed by atoms with Crippen molar-refractivity contribution in [1.82, 2.24) is 9.55 Å². The van der Waals surface area contributed by atoms with E-state index in [0.717, 1.165) is 29.8 Å². The van der Waals surface area contributed by atoms with Crippen LogP contribution in [0, 0.1) is 0 Å². The second kappa shape index (κ2) is 7.18. The number of methoxy groups -OCH3 is 1. The Labute approximate surface area is 169 Å². The lowest BCUT2D eigenvalue weighted by Gasteiger charge is -2.19. The molecule has 1 amide bonds. The van der Waals surface area contributed by atoms with Gasteiger partial charge in [0.1, 0.15) is 11.3 Å². The molecule has 1 aromatic carbocycles. The first-order valence-electron chi connectivity index (χ1n) is 9.30. The number of esters is 1. The minimum Gasteiger partial charge on any atom is -0.506 e. The number of nitrogens with one attached hydrogen (secondary N) is 1. The Balaban J connectivity index is 2.01. The first-order chi connectivity index (χ1) is 14.3. The largest absolute Gasteiger partial charge is 0.506 e. The number of benzene rings is 1. The van der Waals surface area contributed by atoms with Gasteiger partial charge in [-0.15, -0.1) is 0 Å². The maximum Gasteiger partial charge on any atom is 0.343 e. The summed E-state index contributed by atoms with van der Waals surface area (Å²) in [6.07, 6.45) is 1.31. The molecule has 9 nitrogen and oxygen atoms in total. The molecule has 0 spiro atoms. The van der Waals surface area contributed by atoms with Crippen LogP contribution in [0.15, 0.2) is 40.1 Å². The van der Waals surface area contributed by atoms with Gasteiger partial charge >= 0.3 is 5.97 Å². The molecule has 4 rings (SSSR count). The highest BCUT2D eigenvalue weighted by Crippen LogP contribution is 2.34. The smallest absolute Gasteiger partial charge is 0.343 e. The Hall–Kier alpha value is -3.88. The van der Waals surface area contributed by atoms with E-state index < -0.39 is 35.5 Å². The van der Waals surface area contributed by atoms with Gasteiger partial charge in [-0.05, 0) is 23.4 Å². The van der Waals surface area contributed by atoms with Gasteiger partial charge in [-0.3, -0.25) is 14.4 Å². The number of carbonyl (C=O) groups excluding carboxylic acids is 2. The van der Waals surface area contributed by atoms with E-state index in [9.17, 15) is 24.3 Å².